The second-order valence-electron chi connectivity index (χ2n) is 5.96. The Morgan fingerprint density at radius 2 is 2.13 bits per heavy atom. The molecular formula is C17H21N3O3. The maximum atomic E-state index is 12.5. The number of nitrogens with zero attached hydrogens (tertiary/aromatic N) is 3. The van der Waals surface area contributed by atoms with Gasteiger partial charge in [-0.1, -0.05) is 35.5 Å². The third-order valence-corrected chi connectivity index (χ3v) is 4.48. The van der Waals surface area contributed by atoms with Gasteiger partial charge in [-0.25, -0.2) is 4.63 Å². The van der Waals surface area contributed by atoms with Crippen molar-refractivity contribution in [3.05, 3.63) is 47.3 Å². The molecule has 0 saturated carbocycles. The number of benzene rings is 1. The molecule has 0 bridgehead atoms. The normalized spacial score (nSPS) is 21.4. The number of hydrogen-bond acceptors (Lipinski definition) is 5. The number of amides is 1. The SMILES string of the molecule is CO[C@@H]1CN(C(=O)c2nonc2C)CC[C@@H]1Cc1ccccc1. The Morgan fingerprint density at radius 1 is 1.35 bits per heavy atom. The maximum Gasteiger partial charge on any atom is 0.278 e. The molecular weight excluding hydrogens is 294 g/mol. The second kappa shape index (κ2) is 6.91. The second-order valence-corrected chi connectivity index (χ2v) is 5.96. The quantitative estimate of drug-likeness (QED) is 0.864. The van der Waals surface area contributed by atoms with Crippen LogP contribution in [0, 0.1) is 12.8 Å². The molecule has 1 saturated heterocycles. The molecule has 0 spiro atoms. The summed E-state index contributed by atoms with van der Waals surface area (Å²) in [7, 11) is 1.71. The minimum Gasteiger partial charge on any atom is -0.379 e. The average molecular weight is 315 g/mol. The summed E-state index contributed by atoms with van der Waals surface area (Å²) in [6, 6.07) is 10.4. The van der Waals surface area contributed by atoms with Gasteiger partial charge in [0.15, 0.2) is 5.69 Å². The van der Waals surface area contributed by atoms with Crippen molar-refractivity contribution in [3.8, 4) is 0 Å². The molecule has 0 radical (unpaired) electrons. The molecule has 0 unspecified atom stereocenters. The lowest BCUT2D eigenvalue weighted by Crippen LogP contribution is -2.48. The highest BCUT2D eigenvalue weighted by Gasteiger charge is 2.33. The molecule has 1 fully saturated rings. The minimum atomic E-state index is -0.135. The Labute approximate surface area is 135 Å². The standard InChI is InChI=1S/C17H21N3O3/c1-12-16(19-23-18-12)17(21)20-9-8-14(15(11-20)22-2)10-13-6-4-3-5-7-13/h3-7,14-15H,8-11H2,1-2H3/t14-,15-/m1/s1. The molecule has 0 N–H and O–H groups in total. The molecule has 2 heterocycles. The number of piperidine rings is 1. The first-order chi connectivity index (χ1) is 11.2. The molecule has 6 nitrogen and oxygen atoms in total. The lowest BCUT2D eigenvalue weighted by molar-refractivity contribution is -0.00730. The highest BCUT2D eigenvalue weighted by Crippen LogP contribution is 2.25. The van der Waals surface area contributed by atoms with Crippen molar-refractivity contribution in [2.75, 3.05) is 20.2 Å². The van der Waals surface area contributed by atoms with Crippen LogP contribution >= 0.6 is 0 Å². The summed E-state index contributed by atoms with van der Waals surface area (Å²) in [5.74, 6) is 0.270. The van der Waals surface area contributed by atoms with Crippen LogP contribution in [0.1, 0.15) is 28.2 Å². The topological polar surface area (TPSA) is 68.5 Å². The van der Waals surface area contributed by atoms with Crippen LogP contribution in [0.15, 0.2) is 35.0 Å². The highest BCUT2D eigenvalue weighted by molar-refractivity contribution is 5.93. The third-order valence-electron chi connectivity index (χ3n) is 4.48. The lowest BCUT2D eigenvalue weighted by Gasteiger charge is -2.37. The van der Waals surface area contributed by atoms with E-state index in [2.05, 4.69) is 39.2 Å². The van der Waals surface area contributed by atoms with Crippen LogP contribution in [0.25, 0.3) is 0 Å². The fraction of sp³-hybridized carbons (Fsp3) is 0.471. The van der Waals surface area contributed by atoms with E-state index >= 15 is 0 Å². The van der Waals surface area contributed by atoms with Crippen LogP contribution in [0.5, 0.6) is 0 Å². The van der Waals surface area contributed by atoms with E-state index in [0.29, 0.717) is 30.4 Å². The van der Waals surface area contributed by atoms with Gasteiger partial charge in [-0.15, -0.1) is 0 Å². The summed E-state index contributed by atoms with van der Waals surface area (Å²) in [4.78, 5) is 14.3. The zero-order valence-corrected chi connectivity index (χ0v) is 13.4. The van der Waals surface area contributed by atoms with Gasteiger partial charge in [-0.2, -0.15) is 0 Å². The predicted octanol–water partition coefficient (Wildman–Crippen LogP) is 2.10. The Bertz CT molecular complexity index is 656. The van der Waals surface area contributed by atoms with Gasteiger partial charge in [0.25, 0.3) is 5.91 Å². The maximum absolute atomic E-state index is 12.5. The number of carbonyl (C=O) groups is 1. The zero-order valence-electron chi connectivity index (χ0n) is 13.4. The van der Waals surface area contributed by atoms with Gasteiger partial charge in [-0.05, 0) is 36.4 Å². The van der Waals surface area contributed by atoms with Crippen LogP contribution in [0.2, 0.25) is 0 Å². The minimum absolute atomic E-state index is 0.0214. The van der Waals surface area contributed by atoms with Crippen LogP contribution < -0.4 is 0 Å². The van der Waals surface area contributed by atoms with E-state index in [0.717, 1.165) is 12.8 Å². The Kier molecular flexibility index (Phi) is 4.71. The number of aromatic nitrogens is 2. The fourth-order valence-corrected chi connectivity index (χ4v) is 3.14. The molecule has 2 aromatic rings. The summed E-state index contributed by atoms with van der Waals surface area (Å²) >= 11 is 0. The van der Waals surface area contributed by atoms with Gasteiger partial charge in [0.05, 0.1) is 6.10 Å². The average Bonchev–Trinajstić information content (AvgIpc) is 3.01. The summed E-state index contributed by atoms with van der Waals surface area (Å²) < 4.78 is 10.3. The summed E-state index contributed by atoms with van der Waals surface area (Å²) in [5, 5.41) is 7.39. The monoisotopic (exact) mass is 315 g/mol. The van der Waals surface area contributed by atoms with Crippen LogP contribution in [-0.4, -0.2) is 47.4 Å². The van der Waals surface area contributed by atoms with E-state index < -0.39 is 0 Å². The van der Waals surface area contributed by atoms with Crippen LogP contribution in [0.3, 0.4) is 0 Å². The molecule has 23 heavy (non-hydrogen) atoms. The zero-order chi connectivity index (χ0) is 16.2. The number of rotatable bonds is 4. The molecule has 1 aromatic heterocycles. The van der Waals surface area contributed by atoms with E-state index in [1.807, 2.05) is 6.07 Å². The number of aryl methyl sites for hydroxylation is 1. The summed E-state index contributed by atoms with van der Waals surface area (Å²) in [5.41, 5.74) is 2.12. The number of carbonyl (C=O) groups excluding carboxylic acids is 1. The van der Waals surface area contributed by atoms with Crippen molar-refractivity contribution >= 4 is 5.91 Å². The molecule has 6 heteroatoms. The lowest BCUT2D eigenvalue weighted by atomic mass is 9.87. The van der Waals surface area contributed by atoms with E-state index in [-0.39, 0.29) is 12.0 Å². The van der Waals surface area contributed by atoms with Crippen molar-refractivity contribution < 1.29 is 14.2 Å². The van der Waals surface area contributed by atoms with E-state index in [1.54, 1.807) is 18.9 Å². The highest BCUT2D eigenvalue weighted by atomic mass is 16.6. The number of ether oxygens (including phenoxy) is 1. The van der Waals surface area contributed by atoms with Crippen molar-refractivity contribution in [2.45, 2.75) is 25.9 Å². The van der Waals surface area contributed by atoms with Gasteiger partial charge in [0.1, 0.15) is 5.69 Å². The molecule has 0 aliphatic carbocycles. The number of likely N-dealkylation sites (tertiary alicyclic amines) is 1. The molecule has 2 atom stereocenters. The molecule has 3 rings (SSSR count). The van der Waals surface area contributed by atoms with Gasteiger partial charge in [0.2, 0.25) is 0 Å². The Hall–Kier alpha value is -2.21. The fourth-order valence-electron chi connectivity index (χ4n) is 3.14. The predicted molar refractivity (Wildman–Crippen MR) is 84.0 cm³/mol. The van der Waals surface area contributed by atoms with Gasteiger partial charge < -0.3 is 9.64 Å². The Balaban J connectivity index is 1.67. The van der Waals surface area contributed by atoms with E-state index in [1.165, 1.54) is 5.56 Å². The molecule has 1 aliphatic heterocycles. The van der Waals surface area contributed by atoms with E-state index in [9.17, 15) is 4.79 Å². The Morgan fingerprint density at radius 3 is 2.78 bits per heavy atom. The molecule has 122 valence electrons. The third kappa shape index (κ3) is 3.42. The van der Waals surface area contributed by atoms with Crippen LogP contribution in [0.4, 0.5) is 0 Å². The van der Waals surface area contributed by atoms with Crippen molar-refractivity contribution in [1.29, 1.82) is 0 Å². The first kappa shape index (κ1) is 15.7. The van der Waals surface area contributed by atoms with Gasteiger partial charge >= 0.3 is 0 Å². The molecule has 1 aliphatic rings. The molecule has 1 aromatic carbocycles. The summed E-state index contributed by atoms with van der Waals surface area (Å²) in [6.07, 6.45) is 1.89. The molecule has 1 amide bonds. The van der Waals surface area contributed by atoms with Crippen molar-refractivity contribution in [1.82, 2.24) is 15.2 Å². The van der Waals surface area contributed by atoms with Gasteiger partial charge in [0, 0.05) is 20.2 Å². The first-order valence-electron chi connectivity index (χ1n) is 7.84. The first-order valence-corrected chi connectivity index (χ1v) is 7.84. The largest absolute Gasteiger partial charge is 0.379 e. The van der Waals surface area contributed by atoms with Crippen molar-refractivity contribution in [3.63, 3.8) is 0 Å². The van der Waals surface area contributed by atoms with Crippen molar-refractivity contribution in [2.24, 2.45) is 5.92 Å². The number of methoxy groups -OCH3 is 1. The number of hydrogen-bond donors (Lipinski definition) is 0. The van der Waals surface area contributed by atoms with Gasteiger partial charge in [-0.3, -0.25) is 4.79 Å². The summed E-state index contributed by atoms with van der Waals surface area (Å²) in [6.45, 7) is 2.99. The smallest absolute Gasteiger partial charge is 0.278 e. The van der Waals surface area contributed by atoms with E-state index in [4.69, 9.17) is 4.74 Å². The van der Waals surface area contributed by atoms with Crippen LogP contribution in [-0.2, 0) is 11.2 Å².